The summed E-state index contributed by atoms with van der Waals surface area (Å²) < 4.78 is 1.80. The molecule has 92 valence electrons. The third-order valence-corrected chi connectivity index (χ3v) is 4.82. The summed E-state index contributed by atoms with van der Waals surface area (Å²) in [5.74, 6) is 0.945. The van der Waals surface area contributed by atoms with Crippen molar-refractivity contribution in [3.05, 3.63) is 16.3 Å². The quantitative estimate of drug-likeness (QED) is 0.672. The Labute approximate surface area is 108 Å². The van der Waals surface area contributed by atoms with E-state index in [2.05, 4.69) is 22.4 Å². The average molecular weight is 259 g/mol. The van der Waals surface area contributed by atoms with Crippen molar-refractivity contribution < 1.29 is 0 Å². The smallest absolute Gasteiger partial charge is 0.191 e. The molecule has 1 aliphatic carbocycles. The van der Waals surface area contributed by atoms with Gasteiger partial charge in [-0.2, -0.15) is 4.52 Å². The van der Waals surface area contributed by atoms with E-state index in [4.69, 9.17) is 4.98 Å². The first-order valence-electron chi connectivity index (χ1n) is 6.39. The van der Waals surface area contributed by atoms with E-state index >= 15 is 0 Å². The summed E-state index contributed by atoms with van der Waals surface area (Å²) >= 11 is 1.83. The Kier molecular flexibility index (Phi) is 2.14. The van der Waals surface area contributed by atoms with Gasteiger partial charge in [0.1, 0.15) is 10.7 Å². The molecule has 0 saturated carbocycles. The first-order chi connectivity index (χ1) is 8.88. The minimum absolute atomic E-state index is 0.847. The van der Waals surface area contributed by atoms with Gasteiger partial charge >= 0.3 is 0 Å². The van der Waals surface area contributed by atoms with E-state index in [0.717, 1.165) is 29.1 Å². The van der Waals surface area contributed by atoms with E-state index in [1.807, 2.05) is 11.3 Å². The lowest BCUT2D eigenvalue weighted by Gasteiger charge is -2.10. The predicted molar refractivity (Wildman–Crippen MR) is 70.0 cm³/mol. The summed E-state index contributed by atoms with van der Waals surface area (Å²) in [5, 5.41) is 13.3. The number of nitrogens with zero attached hydrogens (tertiary/aromatic N) is 5. The molecule has 18 heavy (non-hydrogen) atoms. The van der Waals surface area contributed by atoms with Crippen LogP contribution >= 0.6 is 11.3 Å². The van der Waals surface area contributed by atoms with Gasteiger partial charge in [0.2, 0.25) is 0 Å². The number of fused-ring (bicyclic) bond motifs is 5. The molecule has 0 saturated heterocycles. The fraction of sp³-hybridized carbons (Fsp3) is 0.500. The predicted octanol–water partition coefficient (Wildman–Crippen LogP) is 2.18. The highest BCUT2D eigenvalue weighted by Gasteiger charge is 2.21. The standard InChI is InChI=1S/C12H13N5S/c1-2-9-13-12-10(11-14-15-16-17(9)11)7-5-3-4-6-8(7)18-12/h2-6H2,1H3. The Morgan fingerprint density at radius 3 is 3.06 bits per heavy atom. The van der Waals surface area contributed by atoms with Crippen molar-refractivity contribution in [3.63, 3.8) is 0 Å². The summed E-state index contributed by atoms with van der Waals surface area (Å²) in [6.07, 6.45) is 5.74. The van der Waals surface area contributed by atoms with Gasteiger partial charge in [0, 0.05) is 11.3 Å². The van der Waals surface area contributed by atoms with Crippen molar-refractivity contribution >= 4 is 27.2 Å². The van der Waals surface area contributed by atoms with Gasteiger partial charge in [-0.3, -0.25) is 0 Å². The van der Waals surface area contributed by atoms with Gasteiger partial charge in [0.05, 0.1) is 5.39 Å². The monoisotopic (exact) mass is 259 g/mol. The van der Waals surface area contributed by atoms with Crippen LogP contribution in [0.25, 0.3) is 15.9 Å². The van der Waals surface area contributed by atoms with Gasteiger partial charge in [-0.1, -0.05) is 6.92 Å². The molecular formula is C12H13N5S. The van der Waals surface area contributed by atoms with Crippen molar-refractivity contribution in [2.45, 2.75) is 39.0 Å². The maximum atomic E-state index is 4.74. The van der Waals surface area contributed by atoms with Crippen molar-refractivity contribution in [3.8, 4) is 0 Å². The lowest BCUT2D eigenvalue weighted by Crippen LogP contribution is -2.03. The van der Waals surface area contributed by atoms with E-state index in [1.165, 1.54) is 35.1 Å². The molecule has 6 heteroatoms. The van der Waals surface area contributed by atoms with E-state index in [9.17, 15) is 0 Å². The molecule has 1 aliphatic rings. The van der Waals surface area contributed by atoms with Crippen LogP contribution < -0.4 is 0 Å². The summed E-state index contributed by atoms with van der Waals surface area (Å²) in [6.45, 7) is 2.09. The lowest BCUT2D eigenvalue weighted by atomic mass is 9.97. The Morgan fingerprint density at radius 2 is 2.17 bits per heavy atom. The Balaban J connectivity index is 2.18. The molecule has 0 bridgehead atoms. The van der Waals surface area contributed by atoms with Crippen LogP contribution in [0.15, 0.2) is 0 Å². The zero-order valence-electron chi connectivity index (χ0n) is 10.2. The van der Waals surface area contributed by atoms with Gasteiger partial charge in [-0.25, -0.2) is 4.98 Å². The second-order valence-corrected chi connectivity index (χ2v) is 5.77. The largest absolute Gasteiger partial charge is 0.222 e. The van der Waals surface area contributed by atoms with E-state index in [-0.39, 0.29) is 0 Å². The first kappa shape index (κ1) is 10.4. The highest BCUT2D eigenvalue weighted by Crippen LogP contribution is 2.37. The van der Waals surface area contributed by atoms with Crippen molar-refractivity contribution in [1.29, 1.82) is 0 Å². The second-order valence-electron chi connectivity index (χ2n) is 4.69. The summed E-state index contributed by atoms with van der Waals surface area (Å²) in [4.78, 5) is 7.34. The molecule has 0 radical (unpaired) electrons. The van der Waals surface area contributed by atoms with Crippen molar-refractivity contribution in [2.24, 2.45) is 0 Å². The molecule has 3 aromatic rings. The number of tetrazole rings is 1. The van der Waals surface area contributed by atoms with Gasteiger partial charge in [-0.05, 0) is 41.7 Å². The molecule has 0 unspecified atom stereocenters. The first-order valence-corrected chi connectivity index (χ1v) is 7.21. The third-order valence-electron chi connectivity index (χ3n) is 3.64. The SMILES string of the molecule is CCc1nc2sc3c(c2c2nnnn12)CCCC3. The zero-order valence-corrected chi connectivity index (χ0v) is 11.0. The minimum atomic E-state index is 0.847. The van der Waals surface area contributed by atoms with E-state index in [1.54, 1.807) is 4.52 Å². The van der Waals surface area contributed by atoms with Crippen LogP contribution in [-0.4, -0.2) is 25.0 Å². The van der Waals surface area contributed by atoms with Crippen LogP contribution in [0.2, 0.25) is 0 Å². The van der Waals surface area contributed by atoms with Crippen LogP contribution in [0.5, 0.6) is 0 Å². The van der Waals surface area contributed by atoms with Gasteiger partial charge in [-0.15, -0.1) is 16.4 Å². The van der Waals surface area contributed by atoms with E-state index < -0.39 is 0 Å². The molecule has 0 aromatic carbocycles. The highest BCUT2D eigenvalue weighted by atomic mass is 32.1. The molecule has 0 aliphatic heterocycles. The number of thiophene rings is 1. The Morgan fingerprint density at radius 1 is 1.28 bits per heavy atom. The number of aryl methyl sites for hydroxylation is 3. The Hall–Kier alpha value is -1.56. The molecule has 0 fully saturated rings. The molecule has 0 amide bonds. The third kappa shape index (κ3) is 1.26. The van der Waals surface area contributed by atoms with Crippen LogP contribution in [-0.2, 0) is 19.3 Å². The summed E-state index contributed by atoms with van der Waals surface area (Å²) in [6, 6.07) is 0. The number of hydrogen-bond acceptors (Lipinski definition) is 5. The molecule has 0 spiro atoms. The average Bonchev–Trinajstić information content (AvgIpc) is 3.00. The van der Waals surface area contributed by atoms with E-state index in [0.29, 0.717) is 0 Å². The number of rotatable bonds is 1. The normalized spacial score (nSPS) is 15.4. The zero-order chi connectivity index (χ0) is 12.1. The van der Waals surface area contributed by atoms with Crippen molar-refractivity contribution in [1.82, 2.24) is 25.0 Å². The molecule has 0 N–H and O–H groups in total. The maximum absolute atomic E-state index is 4.74. The second kappa shape index (κ2) is 3.71. The minimum Gasteiger partial charge on any atom is -0.222 e. The lowest BCUT2D eigenvalue weighted by molar-refractivity contribution is 0.700. The summed E-state index contributed by atoms with van der Waals surface area (Å²) in [7, 11) is 0. The molecule has 4 rings (SSSR count). The number of hydrogen-bond donors (Lipinski definition) is 0. The molecule has 3 heterocycles. The fourth-order valence-electron chi connectivity index (χ4n) is 2.77. The van der Waals surface area contributed by atoms with Gasteiger partial charge in [0.15, 0.2) is 5.65 Å². The molecule has 0 atom stereocenters. The highest BCUT2D eigenvalue weighted by molar-refractivity contribution is 7.19. The van der Waals surface area contributed by atoms with Crippen LogP contribution in [0.4, 0.5) is 0 Å². The Bertz CT molecular complexity index is 742. The van der Waals surface area contributed by atoms with Crippen LogP contribution in [0.1, 0.15) is 36.0 Å². The molecular weight excluding hydrogens is 246 g/mol. The van der Waals surface area contributed by atoms with Crippen LogP contribution in [0, 0.1) is 0 Å². The van der Waals surface area contributed by atoms with Crippen molar-refractivity contribution in [2.75, 3.05) is 0 Å². The fourth-order valence-corrected chi connectivity index (χ4v) is 4.05. The van der Waals surface area contributed by atoms with Gasteiger partial charge < -0.3 is 0 Å². The van der Waals surface area contributed by atoms with Crippen LogP contribution in [0.3, 0.4) is 0 Å². The van der Waals surface area contributed by atoms with Gasteiger partial charge in [0.25, 0.3) is 0 Å². The number of aromatic nitrogens is 5. The maximum Gasteiger partial charge on any atom is 0.191 e. The topological polar surface area (TPSA) is 56.0 Å². The molecule has 3 aromatic heterocycles. The summed E-state index contributed by atoms with van der Waals surface area (Å²) in [5.41, 5.74) is 2.33. The molecule has 5 nitrogen and oxygen atoms in total.